The maximum Gasteiger partial charge on any atom is 0.290 e. The predicted molar refractivity (Wildman–Crippen MR) is 92.3 cm³/mol. The van der Waals surface area contributed by atoms with Crippen LogP contribution < -0.4 is 4.90 Å². The molecule has 0 saturated heterocycles. The molecule has 0 saturated carbocycles. The monoisotopic (exact) mass is 339 g/mol. The number of rotatable bonds is 6. The molecule has 0 aliphatic heterocycles. The van der Waals surface area contributed by atoms with E-state index in [0.717, 1.165) is 11.3 Å². The molecule has 0 aliphatic carbocycles. The first-order chi connectivity index (χ1) is 12.0. The Bertz CT molecular complexity index is 878. The number of hydrogen-bond donors (Lipinski definition) is 1. The number of anilines is 1. The summed E-state index contributed by atoms with van der Waals surface area (Å²) in [6, 6.07) is 12.3. The van der Waals surface area contributed by atoms with E-state index in [1.165, 1.54) is 6.20 Å². The molecular weight excluding hydrogens is 322 g/mol. The van der Waals surface area contributed by atoms with Gasteiger partial charge in [-0.1, -0.05) is 18.2 Å². The van der Waals surface area contributed by atoms with Gasteiger partial charge < -0.3 is 14.4 Å². The normalized spacial score (nSPS) is 10.6. The van der Waals surface area contributed by atoms with Crippen LogP contribution in [0.2, 0.25) is 0 Å². The van der Waals surface area contributed by atoms with Gasteiger partial charge in [0.2, 0.25) is 0 Å². The van der Waals surface area contributed by atoms with Crippen molar-refractivity contribution in [1.82, 2.24) is 4.98 Å². The van der Waals surface area contributed by atoms with Gasteiger partial charge in [0.25, 0.3) is 5.69 Å². The molecule has 0 radical (unpaired) electrons. The maximum absolute atomic E-state index is 11.0. The van der Waals surface area contributed by atoms with Gasteiger partial charge in [-0.15, -0.1) is 0 Å². The van der Waals surface area contributed by atoms with E-state index < -0.39 is 4.92 Å². The van der Waals surface area contributed by atoms with Crippen molar-refractivity contribution in [3.8, 4) is 5.75 Å². The molecule has 0 amide bonds. The lowest BCUT2D eigenvalue weighted by Crippen LogP contribution is -2.23. The van der Waals surface area contributed by atoms with E-state index in [1.807, 2.05) is 23.1 Å². The molecule has 128 valence electrons. The number of pyridine rings is 1. The third-order valence-corrected chi connectivity index (χ3v) is 3.87. The lowest BCUT2D eigenvalue weighted by molar-refractivity contribution is -0.385. The first-order valence-electron chi connectivity index (χ1n) is 7.70. The van der Waals surface area contributed by atoms with E-state index in [2.05, 4.69) is 4.98 Å². The number of furan rings is 1. The first kappa shape index (κ1) is 16.5. The summed E-state index contributed by atoms with van der Waals surface area (Å²) in [5, 5.41) is 21.0. The Kier molecular flexibility index (Phi) is 4.65. The van der Waals surface area contributed by atoms with Gasteiger partial charge in [-0.3, -0.25) is 10.1 Å². The summed E-state index contributed by atoms with van der Waals surface area (Å²) >= 11 is 0. The zero-order valence-corrected chi connectivity index (χ0v) is 13.6. The fourth-order valence-electron chi connectivity index (χ4n) is 2.56. The molecule has 0 fully saturated rings. The van der Waals surface area contributed by atoms with Gasteiger partial charge in [-0.05, 0) is 31.2 Å². The van der Waals surface area contributed by atoms with Crippen molar-refractivity contribution in [1.29, 1.82) is 0 Å². The number of benzene rings is 1. The molecule has 25 heavy (non-hydrogen) atoms. The summed E-state index contributed by atoms with van der Waals surface area (Å²) in [5.74, 6) is 1.49. The third-order valence-electron chi connectivity index (χ3n) is 3.87. The Morgan fingerprint density at radius 2 is 2.04 bits per heavy atom. The molecule has 0 aliphatic rings. The van der Waals surface area contributed by atoms with E-state index in [9.17, 15) is 15.2 Å². The van der Waals surface area contributed by atoms with Crippen molar-refractivity contribution in [3.63, 3.8) is 0 Å². The van der Waals surface area contributed by atoms with Crippen molar-refractivity contribution < 1.29 is 14.4 Å². The predicted octanol–water partition coefficient (Wildman–Crippen LogP) is 3.80. The van der Waals surface area contributed by atoms with E-state index in [0.29, 0.717) is 24.5 Å². The summed E-state index contributed by atoms with van der Waals surface area (Å²) in [6.07, 6.45) is 2.84. The van der Waals surface area contributed by atoms with Gasteiger partial charge >= 0.3 is 0 Å². The van der Waals surface area contributed by atoms with E-state index >= 15 is 0 Å². The van der Waals surface area contributed by atoms with Gasteiger partial charge in [0.1, 0.15) is 23.5 Å². The fraction of sp³-hybridized carbons (Fsp3) is 0.167. The average molecular weight is 339 g/mol. The minimum absolute atomic E-state index is 0.0238. The molecule has 3 rings (SSSR count). The van der Waals surface area contributed by atoms with Crippen LogP contribution in [-0.4, -0.2) is 15.0 Å². The Labute approximate surface area is 144 Å². The molecule has 2 aromatic heterocycles. The van der Waals surface area contributed by atoms with Crippen LogP contribution in [0.25, 0.3) is 0 Å². The number of aryl methyl sites for hydroxylation is 1. The molecule has 0 bridgehead atoms. The van der Waals surface area contributed by atoms with Crippen molar-refractivity contribution in [3.05, 3.63) is 81.9 Å². The topological polar surface area (TPSA) is 92.6 Å². The van der Waals surface area contributed by atoms with Crippen molar-refractivity contribution in [2.75, 3.05) is 4.90 Å². The molecule has 7 heteroatoms. The summed E-state index contributed by atoms with van der Waals surface area (Å²) in [5.41, 5.74) is 1.23. The zero-order chi connectivity index (χ0) is 17.8. The van der Waals surface area contributed by atoms with Crippen molar-refractivity contribution >= 4 is 11.5 Å². The van der Waals surface area contributed by atoms with E-state index in [-0.39, 0.29) is 11.4 Å². The van der Waals surface area contributed by atoms with Crippen LogP contribution in [0.5, 0.6) is 5.75 Å². The molecule has 1 aromatic carbocycles. The quantitative estimate of drug-likeness (QED) is 0.542. The molecule has 3 aromatic rings. The van der Waals surface area contributed by atoms with E-state index in [4.69, 9.17) is 4.42 Å². The lowest BCUT2D eigenvalue weighted by Gasteiger charge is -2.23. The largest absolute Gasteiger partial charge is 0.508 e. The number of phenols is 1. The second-order valence-electron chi connectivity index (χ2n) is 5.65. The van der Waals surface area contributed by atoms with Crippen LogP contribution in [-0.2, 0) is 13.1 Å². The maximum atomic E-state index is 11.0. The van der Waals surface area contributed by atoms with E-state index in [1.54, 1.807) is 37.5 Å². The van der Waals surface area contributed by atoms with Crippen LogP contribution in [0.3, 0.4) is 0 Å². The van der Waals surface area contributed by atoms with Gasteiger partial charge in [0.05, 0.1) is 17.7 Å². The van der Waals surface area contributed by atoms with Gasteiger partial charge in [0, 0.05) is 17.7 Å². The summed E-state index contributed by atoms with van der Waals surface area (Å²) < 4.78 is 5.41. The molecule has 0 spiro atoms. The minimum atomic E-state index is -0.452. The van der Waals surface area contributed by atoms with Crippen LogP contribution >= 0.6 is 0 Å². The number of nitrogens with zero attached hydrogens (tertiary/aromatic N) is 3. The second-order valence-corrected chi connectivity index (χ2v) is 5.65. The Morgan fingerprint density at radius 1 is 1.24 bits per heavy atom. The number of para-hydroxylation sites is 1. The van der Waals surface area contributed by atoms with Crippen LogP contribution in [0.4, 0.5) is 11.5 Å². The number of phenolic OH excluding ortho intramolecular Hbond substituents is 1. The highest BCUT2D eigenvalue weighted by Crippen LogP contribution is 2.26. The van der Waals surface area contributed by atoms with Crippen LogP contribution in [0, 0.1) is 17.0 Å². The molecule has 0 atom stereocenters. The molecule has 7 nitrogen and oxygen atoms in total. The standard InChI is InChI=1S/C18H17N3O4/c1-13-9-18(19-10-16(13)21(23)24)20(12-15-6-4-8-25-15)11-14-5-2-3-7-17(14)22/h2-10,22H,11-12H2,1H3. The van der Waals surface area contributed by atoms with Crippen LogP contribution in [0.1, 0.15) is 16.9 Å². The first-order valence-corrected chi connectivity index (χ1v) is 7.70. The molecule has 1 N–H and O–H groups in total. The third kappa shape index (κ3) is 3.77. The minimum Gasteiger partial charge on any atom is -0.508 e. The smallest absolute Gasteiger partial charge is 0.290 e. The molecule has 2 heterocycles. The van der Waals surface area contributed by atoms with Gasteiger partial charge in [-0.25, -0.2) is 4.98 Å². The summed E-state index contributed by atoms with van der Waals surface area (Å²) in [6.45, 7) is 2.48. The highest BCUT2D eigenvalue weighted by molar-refractivity contribution is 5.50. The van der Waals surface area contributed by atoms with Gasteiger partial charge in [-0.2, -0.15) is 0 Å². The van der Waals surface area contributed by atoms with Gasteiger partial charge in [0.15, 0.2) is 0 Å². The number of nitro groups is 1. The summed E-state index contributed by atoms with van der Waals surface area (Å²) in [4.78, 5) is 16.7. The van der Waals surface area contributed by atoms with Crippen LogP contribution in [0.15, 0.2) is 59.3 Å². The lowest BCUT2D eigenvalue weighted by atomic mass is 10.1. The fourth-order valence-corrected chi connectivity index (χ4v) is 2.56. The highest BCUT2D eigenvalue weighted by Gasteiger charge is 2.17. The van der Waals surface area contributed by atoms with Crippen molar-refractivity contribution in [2.45, 2.75) is 20.0 Å². The zero-order valence-electron chi connectivity index (χ0n) is 13.6. The van der Waals surface area contributed by atoms with Crippen molar-refractivity contribution in [2.24, 2.45) is 0 Å². The highest BCUT2D eigenvalue weighted by atomic mass is 16.6. The Balaban J connectivity index is 1.94. The Morgan fingerprint density at radius 3 is 2.68 bits per heavy atom. The molecular formula is C18H17N3O4. The SMILES string of the molecule is Cc1cc(N(Cc2ccco2)Cc2ccccc2O)ncc1[N+](=O)[O-]. The second kappa shape index (κ2) is 7.04. The Hall–Kier alpha value is -3.35. The number of aromatic nitrogens is 1. The number of aromatic hydroxyl groups is 1. The molecule has 0 unspecified atom stereocenters. The summed E-state index contributed by atoms with van der Waals surface area (Å²) in [7, 11) is 0. The number of hydrogen-bond acceptors (Lipinski definition) is 6. The average Bonchev–Trinajstić information content (AvgIpc) is 3.09.